The van der Waals surface area contributed by atoms with Gasteiger partial charge in [0.15, 0.2) is 0 Å². The molecule has 0 saturated carbocycles. The SMILES string of the molecule is Nc1cc[n+](-c2nccc3c2cc([N+](=O)[O-])c(=O)n3-c2ccccc2)cc1.Nc1ccncc1.O=c1c([N+](=O)[O-])cc2c(Cl)nccc2n1-c1ccccc1.[Cl-]. The quantitative estimate of drug-likeness (QED) is 0.112. The van der Waals surface area contributed by atoms with Gasteiger partial charge in [0, 0.05) is 77.1 Å². The van der Waals surface area contributed by atoms with Crippen molar-refractivity contribution >= 4 is 56.2 Å². The van der Waals surface area contributed by atoms with E-state index >= 15 is 0 Å². The lowest BCUT2D eigenvalue weighted by Gasteiger charge is -2.10. The Hall–Kier alpha value is -7.56. The maximum Gasteiger partial charge on any atom is 0.337 e. The second-order valence-corrected chi connectivity index (χ2v) is 11.8. The third-order valence-corrected chi connectivity index (χ3v) is 8.28. The van der Waals surface area contributed by atoms with Crippen LogP contribution in [0.5, 0.6) is 0 Å². The van der Waals surface area contributed by atoms with Crippen molar-refractivity contribution in [3.63, 3.8) is 0 Å². The van der Waals surface area contributed by atoms with Crippen LogP contribution in [0.2, 0.25) is 5.15 Å². The predicted molar refractivity (Wildman–Crippen MR) is 208 cm³/mol. The van der Waals surface area contributed by atoms with E-state index in [9.17, 15) is 29.8 Å². The summed E-state index contributed by atoms with van der Waals surface area (Å²) in [4.78, 5) is 58.4. The molecule has 0 aliphatic carbocycles. The van der Waals surface area contributed by atoms with E-state index in [1.165, 1.54) is 21.4 Å². The lowest BCUT2D eigenvalue weighted by atomic mass is 10.2. The summed E-state index contributed by atoms with van der Waals surface area (Å²) >= 11 is 6.00. The van der Waals surface area contributed by atoms with Gasteiger partial charge in [-0.05, 0) is 47.4 Å². The summed E-state index contributed by atoms with van der Waals surface area (Å²) in [5.41, 5.74) is 12.0. The number of nitro groups is 2. The Morgan fingerprint density at radius 3 is 1.52 bits per heavy atom. The van der Waals surface area contributed by atoms with E-state index < -0.39 is 32.3 Å². The number of hydrogen-bond donors (Lipinski definition) is 2. The molecule has 16 nitrogen and oxygen atoms in total. The molecule has 0 aliphatic heterocycles. The van der Waals surface area contributed by atoms with E-state index in [0.29, 0.717) is 44.7 Å². The van der Waals surface area contributed by atoms with Gasteiger partial charge in [-0.1, -0.05) is 48.0 Å². The van der Waals surface area contributed by atoms with Crippen molar-refractivity contribution in [2.75, 3.05) is 11.5 Å². The number of halogens is 2. The molecule has 0 unspecified atom stereocenters. The standard InChI is InChI=1S/C19H13N5O3.C14H8ClN3O3.C5H6N2.ClH/c20-13-7-10-22(11-8-13)18-15-12-17(24(26)27)19(25)23(16(15)6-9-21-18)14-4-2-1-3-5-14;15-13-10-8-12(18(20)21)14(19)17(11(10)6-7-16-13)9-4-2-1-3-5-9;6-5-1-3-7-4-2-5;/h1-12,20H;1-8H;1-4H,(H2,6,7);1H. The Labute approximate surface area is 327 Å². The number of pyridine rings is 6. The zero-order valence-corrected chi connectivity index (χ0v) is 30.3. The molecule has 0 amide bonds. The maximum atomic E-state index is 12.8. The fourth-order valence-corrected chi connectivity index (χ4v) is 5.68. The van der Waals surface area contributed by atoms with Crippen LogP contribution in [0.15, 0.2) is 156 Å². The fraction of sp³-hybridized carbons (Fsp3) is 0. The number of nitrogens with two attached hydrogens (primary N) is 2. The Morgan fingerprint density at radius 2 is 1.05 bits per heavy atom. The normalized spacial score (nSPS) is 10.3. The Balaban J connectivity index is 0.000000183. The van der Waals surface area contributed by atoms with E-state index in [-0.39, 0.29) is 17.6 Å². The van der Waals surface area contributed by atoms with Crippen LogP contribution in [0.3, 0.4) is 0 Å². The Morgan fingerprint density at radius 1 is 0.607 bits per heavy atom. The Kier molecular flexibility index (Phi) is 12.4. The van der Waals surface area contributed by atoms with Gasteiger partial charge in [-0.3, -0.25) is 43.9 Å². The molecule has 56 heavy (non-hydrogen) atoms. The minimum Gasteiger partial charge on any atom is -1.00 e. The molecule has 2 aromatic carbocycles. The van der Waals surface area contributed by atoms with E-state index in [4.69, 9.17) is 23.1 Å². The fourth-order valence-electron chi connectivity index (χ4n) is 5.47. The van der Waals surface area contributed by atoms with E-state index in [2.05, 4.69) is 15.0 Å². The highest BCUT2D eigenvalue weighted by atomic mass is 35.5. The molecule has 18 heteroatoms. The maximum absolute atomic E-state index is 12.8. The zero-order valence-electron chi connectivity index (χ0n) is 28.8. The number of para-hydroxylation sites is 2. The van der Waals surface area contributed by atoms with E-state index in [1.807, 2.05) is 6.07 Å². The first-order valence-corrected chi connectivity index (χ1v) is 16.5. The smallest absolute Gasteiger partial charge is 0.337 e. The first-order chi connectivity index (χ1) is 26.5. The van der Waals surface area contributed by atoms with Gasteiger partial charge in [-0.2, -0.15) is 0 Å². The molecule has 0 aliphatic rings. The lowest BCUT2D eigenvalue weighted by molar-refractivity contribution is -0.597. The minimum atomic E-state index is -0.718. The van der Waals surface area contributed by atoms with Crippen LogP contribution >= 0.6 is 11.6 Å². The third kappa shape index (κ3) is 8.46. The van der Waals surface area contributed by atoms with Gasteiger partial charge >= 0.3 is 28.3 Å². The molecule has 4 N–H and O–H groups in total. The van der Waals surface area contributed by atoms with Gasteiger partial charge in [-0.25, -0.2) is 9.55 Å². The molecule has 0 fully saturated rings. The summed E-state index contributed by atoms with van der Waals surface area (Å²) in [6.45, 7) is 0. The number of nitrogens with zero attached hydrogens (tertiary/aromatic N) is 8. The van der Waals surface area contributed by atoms with Gasteiger partial charge < -0.3 is 23.9 Å². The summed E-state index contributed by atoms with van der Waals surface area (Å²) in [5.74, 6) is 0.459. The first-order valence-electron chi connectivity index (χ1n) is 16.1. The molecule has 0 radical (unpaired) electrons. The summed E-state index contributed by atoms with van der Waals surface area (Å²) in [5, 5.41) is 23.5. The van der Waals surface area contributed by atoms with Crippen molar-refractivity contribution in [3.05, 3.63) is 192 Å². The molecular formula is C38H28Cl2N10O6. The van der Waals surface area contributed by atoms with Crippen molar-refractivity contribution in [1.82, 2.24) is 24.1 Å². The number of nitrogen functional groups attached to an aromatic ring is 2. The van der Waals surface area contributed by atoms with Crippen LogP contribution in [0.1, 0.15) is 0 Å². The van der Waals surface area contributed by atoms with Crippen LogP contribution in [-0.2, 0) is 0 Å². The molecular weight excluding hydrogens is 763 g/mol. The number of aromatic nitrogens is 6. The molecule has 0 bridgehead atoms. The highest BCUT2D eigenvalue weighted by Gasteiger charge is 2.25. The molecule has 6 aromatic heterocycles. The van der Waals surface area contributed by atoms with E-state index in [0.717, 1.165) is 11.8 Å². The molecule has 0 spiro atoms. The molecule has 0 saturated heterocycles. The van der Waals surface area contributed by atoms with Crippen molar-refractivity contribution in [2.24, 2.45) is 0 Å². The average molecular weight is 792 g/mol. The van der Waals surface area contributed by atoms with Crippen molar-refractivity contribution in [3.8, 4) is 17.2 Å². The minimum absolute atomic E-state index is 0. The second kappa shape index (κ2) is 17.5. The van der Waals surface area contributed by atoms with Gasteiger partial charge in [0.05, 0.1) is 33.3 Å². The molecule has 6 heterocycles. The highest BCUT2D eigenvalue weighted by Crippen LogP contribution is 2.26. The number of benzene rings is 2. The van der Waals surface area contributed by atoms with Crippen LogP contribution in [-0.4, -0.2) is 33.9 Å². The largest absolute Gasteiger partial charge is 1.00 e. The number of fused-ring (bicyclic) bond motifs is 2. The summed E-state index contributed by atoms with van der Waals surface area (Å²) < 4.78 is 4.29. The predicted octanol–water partition coefficient (Wildman–Crippen LogP) is 2.77. The van der Waals surface area contributed by atoms with Crippen molar-refractivity contribution in [1.29, 1.82) is 0 Å². The molecule has 280 valence electrons. The van der Waals surface area contributed by atoms with E-state index in [1.54, 1.807) is 127 Å². The molecule has 8 aromatic rings. The average Bonchev–Trinajstić information content (AvgIpc) is 3.19. The number of rotatable bonds is 5. The van der Waals surface area contributed by atoms with Crippen LogP contribution < -0.4 is 39.6 Å². The molecule has 8 rings (SSSR count). The summed E-state index contributed by atoms with van der Waals surface area (Å²) in [7, 11) is 0. The highest BCUT2D eigenvalue weighted by molar-refractivity contribution is 6.34. The van der Waals surface area contributed by atoms with Crippen molar-refractivity contribution < 1.29 is 26.8 Å². The number of hydrogen-bond acceptors (Lipinski definition) is 11. The number of anilines is 2. The van der Waals surface area contributed by atoms with Crippen molar-refractivity contribution in [2.45, 2.75) is 0 Å². The second-order valence-electron chi connectivity index (χ2n) is 11.4. The first kappa shape index (κ1) is 39.6. The third-order valence-electron chi connectivity index (χ3n) is 7.98. The van der Waals surface area contributed by atoms with Gasteiger partial charge in [0.1, 0.15) is 16.7 Å². The van der Waals surface area contributed by atoms with Gasteiger partial charge in [-0.15, -0.1) is 0 Å². The van der Waals surface area contributed by atoms with Crippen LogP contribution in [0.25, 0.3) is 39.0 Å². The van der Waals surface area contributed by atoms with Gasteiger partial charge in [0.2, 0.25) is 0 Å². The summed E-state index contributed by atoms with van der Waals surface area (Å²) in [6, 6.07) is 30.0. The molecule has 0 atom stereocenters. The van der Waals surface area contributed by atoms with Crippen LogP contribution in [0.4, 0.5) is 22.7 Å². The lowest BCUT2D eigenvalue weighted by Crippen LogP contribution is -3.00. The van der Waals surface area contributed by atoms with Gasteiger partial charge in [0.25, 0.3) is 0 Å². The monoisotopic (exact) mass is 790 g/mol. The topological polar surface area (TPSA) is 225 Å². The summed E-state index contributed by atoms with van der Waals surface area (Å²) in [6.07, 6.45) is 9.76. The van der Waals surface area contributed by atoms with Crippen LogP contribution in [0, 0.1) is 20.2 Å². The zero-order chi connectivity index (χ0) is 39.1. The Bertz CT molecular complexity index is 2790.